The largest absolute Gasteiger partial charge is 0.462 e. The molecule has 0 atom stereocenters. The van der Waals surface area contributed by atoms with E-state index in [0.29, 0.717) is 16.9 Å². The third-order valence-corrected chi connectivity index (χ3v) is 4.68. The Hall–Kier alpha value is -4.42. The van der Waals surface area contributed by atoms with Gasteiger partial charge in [0.1, 0.15) is 28.2 Å². The van der Waals surface area contributed by atoms with Crippen LogP contribution in [0.25, 0.3) is 17.4 Å². The number of nitro benzene ring substituents is 1. The maximum Gasteiger partial charge on any atom is 0.338 e. The van der Waals surface area contributed by atoms with E-state index in [0.717, 1.165) is 6.07 Å². The average molecular weight is 466 g/mol. The molecule has 0 saturated heterocycles. The molecule has 0 aliphatic carbocycles. The van der Waals surface area contributed by atoms with Crippen molar-refractivity contribution in [2.24, 2.45) is 0 Å². The number of rotatable bonds is 7. The Balaban J connectivity index is 1.77. The maximum atomic E-state index is 12.5. The summed E-state index contributed by atoms with van der Waals surface area (Å²) < 4.78 is 10.6. The molecule has 0 aliphatic rings. The number of furan rings is 1. The first kappa shape index (κ1) is 23.2. The summed E-state index contributed by atoms with van der Waals surface area (Å²) in [5.41, 5.74) is 0.545. The number of anilines is 1. The number of carbonyl (C=O) groups is 2. The number of benzene rings is 2. The van der Waals surface area contributed by atoms with E-state index < -0.39 is 16.8 Å². The third-order valence-electron chi connectivity index (χ3n) is 4.36. The van der Waals surface area contributed by atoms with Crippen molar-refractivity contribution in [1.29, 1.82) is 5.26 Å². The lowest BCUT2D eigenvalue weighted by atomic mass is 10.1. The number of nitrogens with zero attached hydrogens (tertiary/aromatic N) is 2. The van der Waals surface area contributed by atoms with Gasteiger partial charge in [0.2, 0.25) is 0 Å². The summed E-state index contributed by atoms with van der Waals surface area (Å²) in [6.45, 7) is 2.00. The quantitative estimate of drug-likeness (QED) is 0.166. The number of esters is 1. The second kappa shape index (κ2) is 10.3. The van der Waals surface area contributed by atoms with Gasteiger partial charge in [0, 0.05) is 23.4 Å². The van der Waals surface area contributed by atoms with Gasteiger partial charge >= 0.3 is 5.97 Å². The second-order valence-corrected chi connectivity index (χ2v) is 6.95. The maximum absolute atomic E-state index is 12.5. The molecule has 1 N–H and O–H groups in total. The van der Waals surface area contributed by atoms with E-state index in [-0.39, 0.29) is 34.3 Å². The standard InChI is InChI=1S/C23H16ClN3O6/c1-2-32-23(29)15-5-3-14(4-6-15)21-10-8-18(33-21)11-16(13-25)22(28)26-17-7-9-19(24)20(12-17)27(30)31/h3-12H,2H2,1H3,(H,26,28)/b16-11+. The van der Waals surface area contributed by atoms with Crippen molar-refractivity contribution in [2.75, 3.05) is 11.9 Å². The lowest BCUT2D eigenvalue weighted by Gasteiger charge is -2.04. The molecule has 3 aromatic rings. The summed E-state index contributed by atoms with van der Waals surface area (Å²) in [6.07, 6.45) is 1.25. The van der Waals surface area contributed by atoms with Crippen LogP contribution in [0.4, 0.5) is 11.4 Å². The van der Waals surface area contributed by atoms with Crippen molar-refractivity contribution in [3.05, 3.63) is 86.6 Å². The minimum atomic E-state index is -0.772. The van der Waals surface area contributed by atoms with E-state index in [2.05, 4.69) is 5.32 Å². The van der Waals surface area contributed by atoms with Crippen molar-refractivity contribution in [3.8, 4) is 17.4 Å². The van der Waals surface area contributed by atoms with Gasteiger partial charge in [0.15, 0.2) is 0 Å². The number of amides is 1. The molecule has 1 aromatic heterocycles. The van der Waals surface area contributed by atoms with Crippen molar-refractivity contribution in [3.63, 3.8) is 0 Å². The van der Waals surface area contributed by atoms with Crippen LogP contribution in [0.15, 0.2) is 64.6 Å². The number of nitro groups is 1. The highest BCUT2D eigenvalue weighted by Crippen LogP contribution is 2.28. The Morgan fingerprint density at radius 2 is 1.94 bits per heavy atom. The van der Waals surface area contributed by atoms with Crippen LogP contribution >= 0.6 is 11.6 Å². The number of hydrogen-bond donors (Lipinski definition) is 1. The first-order chi connectivity index (χ1) is 15.8. The van der Waals surface area contributed by atoms with Gasteiger partial charge in [-0.3, -0.25) is 14.9 Å². The Bertz CT molecular complexity index is 1290. The number of hydrogen-bond acceptors (Lipinski definition) is 7. The number of nitrogens with one attached hydrogen (secondary N) is 1. The van der Waals surface area contributed by atoms with Crippen molar-refractivity contribution >= 4 is 40.9 Å². The SMILES string of the molecule is CCOC(=O)c1ccc(-c2ccc(/C=C(\C#N)C(=O)Nc3ccc(Cl)c([N+](=O)[O-])c3)o2)cc1. The molecule has 33 heavy (non-hydrogen) atoms. The summed E-state index contributed by atoms with van der Waals surface area (Å²) >= 11 is 5.76. The molecule has 0 bridgehead atoms. The van der Waals surface area contributed by atoms with Gasteiger partial charge in [-0.2, -0.15) is 5.26 Å². The molecule has 0 fully saturated rings. The molecule has 0 aliphatic heterocycles. The Kier molecular flexibility index (Phi) is 7.23. The molecular weight excluding hydrogens is 450 g/mol. The van der Waals surface area contributed by atoms with Crippen LogP contribution in [0, 0.1) is 21.4 Å². The van der Waals surface area contributed by atoms with E-state index in [1.54, 1.807) is 49.4 Å². The van der Waals surface area contributed by atoms with Gasteiger partial charge in [-0.25, -0.2) is 4.79 Å². The second-order valence-electron chi connectivity index (χ2n) is 6.55. The van der Waals surface area contributed by atoms with Crippen LogP contribution in [0.2, 0.25) is 5.02 Å². The van der Waals surface area contributed by atoms with Crippen molar-refractivity contribution in [2.45, 2.75) is 6.92 Å². The molecule has 0 spiro atoms. The number of carbonyl (C=O) groups excluding carboxylic acids is 2. The summed E-state index contributed by atoms with van der Waals surface area (Å²) in [6, 6.07) is 15.3. The summed E-state index contributed by atoms with van der Waals surface area (Å²) in [5.74, 6) is -0.496. The zero-order valence-electron chi connectivity index (χ0n) is 17.2. The van der Waals surface area contributed by atoms with Gasteiger partial charge in [0.05, 0.1) is 17.1 Å². The molecule has 0 unspecified atom stereocenters. The zero-order chi connectivity index (χ0) is 24.0. The van der Waals surface area contributed by atoms with Gasteiger partial charge in [-0.05, 0) is 43.3 Å². The summed E-state index contributed by atoms with van der Waals surface area (Å²) in [7, 11) is 0. The fraction of sp³-hybridized carbons (Fsp3) is 0.0870. The number of halogens is 1. The monoisotopic (exact) mass is 465 g/mol. The third kappa shape index (κ3) is 5.64. The molecule has 0 saturated carbocycles. The average Bonchev–Trinajstić information content (AvgIpc) is 3.27. The van der Waals surface area contributed by atoms with Crippen LogP contribution in [-0.2, 0) is 9.53 Å². The molecule has 2 aromatic carbocycles. The minimum Gasteiger partial charge on any atom is -0.462 e. The van der Waals surface area contributed by atoms with E-state index in [9.17, 15) is 25.0 Å². The first-order valence-corrected chi connectivity index (χ1v) is 9.94. The van der Waals surface area contributed by atoms with Crippen LogP contribution in [0.5, 0.6) is 0 Å². The van der Waals surface area contributed by atoms with Gasteiger partial charge in [-0.15, -0.1) is 0 Å². The molecule has 1 amide bonds. The van der Waals surface area contributed by atoms with E-state index in [4.69, 9.17) is 20.8 Å². The molecule has 1 heterocycles. The summed E-state index contributed by atoms with van der Waals surface area (Å²) in [5, 5.41) is 22.7. The van der Waals surface area contributed by atoms with Gasteiger partial charge in [-0.1, -0.05) is 23.7 Å². The fourth-order valence-electron chi connectivity index (χ4n) is 2.79. The topological polar surface area (TPSA) is 135 Å². The molecule has 166 valence electrons. The van der Waals surface area contributed by atoms with Crippen LogP contribution in [0.3, 0.4) is 0 Å². The minimum absolute atomic E-state index is 0.0764. The lowest BCUT2D eigenvalue weighted by Crippen LogP contribution is -2.13. The van der Waals surface area contributed by atoms with E-state index >= 15 is 0 Å². The molecule has 10 heteroatoms. The van der Waals surface area contributed by atoms with Gasteiger partial charge in [0.25, 0.3) is 11.6 Å². The zero-order valence-corrected chi connectivity index (χ0v) is 18.0. The predicted octanol–water partition coefficient (Wildman–Crippen LogP) is 5.23. The molecule has 3 rings (SSSR count). The van der Waals surface area contributed by atoms with Crippen molar-refractivity contribution in [1.82, 2.24) is 0 Å². The number of ether oxygens (including phenoxy) is 1. The Labute approximate surface area is 193 Å². The van der Waals surface area contributed by atoms with Crippen molar-refractivity contribution < 1.29 is 23.7 Å². The predicted molar refractivity (Wildman–Crippen MR) is 120 cm³/mol. The normalized spacial score (nSPS) is 10.9. The molecular formula is C23H16ClN3O6. The van der Waals surface area contributed by atoms with E-state index in [1.165, 1.54) is 18.2 Å². The highest BCUT2D eigenvalue weighted by atomic mass is 35.5. The van der Waals surface area contributed by atoms with E-state index in [1.807, 2.05) is 0 Å². The highest BCUT2D eigenvalue weighted by Gasteiger charge is 2.16. The molecule has 9 nitrogen and oxygen atoms in total. The fourth-order valence-corrected chi connectivity index (χ4v) is 2.98. The number of nitriles is 1. The highest BCUT2D eigenvalue weighted by molar-refractivity contribution is 6.32. The molecule has 0 radical (unpaired) electrons. The van der Waals surface area contributed by atoms with Crippen LogP contribution in [0.1, 0.15) is 23.0 Å². The smallest absolute Gasteiger partial charge is 0.338 e. The van der Waals surface area contributed by atoms with Gasteiger partial charge < -0.3 is 14.5 Å². The van der Waals surface area contributed by atoms with Crippen LogP contribution in [-0.4, -0.2) is 23.4 Å². The Morgan fingerprint density at radius 1 is 1.21 bits per heavy atom. The lowest BCUT2D eigenvalue weighted by molar-refractivity contribution is -0.384. The first-order valence-electron chi connectivity index (χ1n) is 9.57. The van der Waals surface area contributed by atoms with Crippen LogP contribution < -0.4 is 5.32 Å². The Morgan fingerprint density at radius 3 is 2.58 bits per heavy atom. The summed E-state index contributed by atoms with van der Waals surface area (Å²) in [4.78, 5) is 34.5.